The van der Waals surface area contributed by atoms with E-state index < -0.39 is 0 Å². The number of hydrogen-bond donors (Lipinski definition) is 3. The van der Waals surface area contributed by atoms with Crippen LogP contribution in [0.2, 0.25) is 0 Å². The number of benzene rings is 2. The summed E-state index contributed by atoms with van der Waals surface area (Å²) in [6.07, 6.45) is 3.61. The Hall–Kier alpha value is -3.65. The Balaban J connectivity index is 1.49. The van der Waals surface area contributed by atoms with E-state index in [0.717, 1.165) is 27.0 Å². The first-order valence-electron chi connectivity index (χ1n) is 9.39. The van der Waals surface area contributed by atoms with Gasteiger partial charge in [0.05, 0.1) is 24.8 Å². The first-order chi connectivity index (χ1) is 14.2. The van der Waals surface area contributed by atoms with Gasteiger partial charge in [0.25, 0.3) is 0 Å². The van der Waals surface area contributed by atoms with E-state index in [4.69, 9.17) is 4.74 Å². The van der Waals surface area contributed by atoms with Gasteiger partial charge in [-0.25, -0.2) is 4.79 Å². The Bertz CT molecular complexity index is 1260. The number of aromatic hydroxyl groups is 1. The number of amides is 2. The molecule has 0 unspecified atom stereocenters. The predicted molar refractivity (Wildman–Crippen MR) is 110 cm³/mol. The van der Waals surface area contributed by atoms with Crippen molar-refractivity contribution in [1.29, 1.82) is 0 Å². The topological polar surface area (TPSA) is 102 Å². The summed E-state index contributed by atoms with van der Waals surface area (Å²) in [6, 6.07) is 11.2. The number of morpholine rings is 1. The van der Waals surface area contributed by atoms with Gasteiger partial charge in [-0.2, -0.15) is 10.2 Å². The van der Waals surface area contributed by atoms with Crippen LogP contribution in [0.25, 0.3) is 17.0 Å². The Kier molecular flexibility index (Phi) is 4.25. The van der Waals surface area contributed by atoms with Gasteiger partial charge in [-0.15, -0.1) is 0 Å². The minimum atomic E-state index is -0.153. The molecule has 29 heavy (non-hydrogen) atoms. The maximum absolute atomic E-state index is 12.5. The smallest absolute Gasteiger partial charge is 0.321 e. The lowest BCUT2D eigenvalue weighted by Gasteiger charge is -2.26. The third-order valence-corrected chi connectivity index (χ3v) is 5.09. The van der Waals surface area contributed by atoms with Crippen LogP contribution in [0.4, 0.5) is 10.5 Å². The molecule has 0 aliphatic carbocycles. The third-order valence-electron chi connectivity index (χ3n) is 5.09. The fourth-order valence-electron chi connectivity index (χ4n) is 3.57. The van der Waals surface area contributed by atoms with Gasteiger partial charge in [-0.3, -0.25) is 0 Å². The van der Waals surface area contributed by atoms with Crippen molar-refractivity contribution in [3.63, 3.8) is 0 Å². The fraction of sp³-hybridized carbons (Fsp3) is 0.190. The Morgan fingerprint density at radius 1 is 1.21 bits per heavy atom. The van der Waals surface area contributed by atoms with Crippen LogP contribution < -0.4 is 15.9 Å². The average Bonchev–Trinajstić information content (AvgIpc) is 3.33. The minimum absolute atomic E-state index is 0.0792. The molecule has 8 nitrogen and oxygen atoms in total. The lowest BCUT2D eigenvalue weighted by atomic mass is 10.1. The zero-order valence-corrected chi connectivity index (χ0v) is 15.6. The molecule has 1 saturated heterocycles. The lowest BCUT2D eigenvalue weighted by molar-refractivity contribution is 0.0564. The molecule has 146 valence electrons. The van der Waals surface area contributed by atoms with Gasteiger partial charge in [0.2, 0.25) is 0 Å². The second-order valence-corrected chi connectivity index (χ2v) is 6.98. The number of H-pyrrole nitrogens is 1. The number of urea groups is 1. The molecule has 3 aromatic rings. The standard InChI is InChI=1S/C21H19N5O3/c27-20-17(10-13-1-3-18-14(9-13)12-22-25-18)16-11-15(2-4-19(16)24-20)23-21(28)26-5-7-29-8-6-26/h1-4,9-12,24,27H,5-8H2,(H,23,28)/b13-10-. The van der Waals surface area contributed by atoms with E-state index in [1.165, 1.54) is 0 Å². The summed E-state index contributed by atoms with van der Waals surface area (Å²) >= 11 is 0. The molecule has 5 rings (SSSR count). The van der Waals surface area contributed by atoms with E-state index in [-0.39, 0.29) is 11.9 Å². The van der Waals surface area contributed by atoms with Crippen molar-refractivity contribution in [1.82, 2.24) is 9.88 Å². The van der Waals surface area contributed by atoms with Crippen LogP contribution in [0.3, 0.4) is 0 Å². The summed E-state index contributed by atoms with van der Waals surface area (Å²) in [6.45, 7) is 2.25. The number of aromatic nitrogens is 1. The van der Waals surface area contributed by atoms with Gasteiger partial charge in [0.1, 0.15) is 0 Å². The molecular formula is C21H19N5O3. The number of carbonyl (C=O) groups is 1. The summed E-state index contributed by atoms with van der Waals surface area (Å²) in [5.41, 5.74) is 3.06. The molecular weight excluding hydrogens is 370 g/mol. The molecule has 8 heteroatoms. The van der Waals surface area contributed by atoms with Gasteiger partial charge in [-0.1, -0.05) is 6.07 Å². The first kappa shape index (κ1) is 17.4. The number of anilines is 1. The molecule has 2 aliphatic heterocycles. The third kappa shape index (κ3) is 3.34. The highest BCUT2D eigenvalue weighted by atomic mass is 16.5. The van der Waals surface area contributed by atoms with Crippen LogP contribution in [-0.4, -0.2) is 53.5 Å². The summed E-state index contributed by atoms with van der Waals surface area (Å²) < 4.78 is 5.29. The summed E-state index contributed by atoms with van der Waals surface area (Å²) in [5, 5.41) is 23.9. The molecule has 1 aromatic heterocycles. The molecule has 3 heterocycles. The minimum Gasteiger partial charge on any atom is -0.494 e. The van der Waals surface area contributed by atoms with Crippen molar-refractivity contribution in [2.45, 2.75) is 0 Å². The fourth-order valence-corrected chi connectivity index (χ4v) is 3.57. The molecule has 0 bridgehead atoms. The zero-order valence-electron chi connectivity index (χ0n) is 15.6. The van der Waals surface area contributed by atoms with Gasteiger partial charge in [0.15, 0.2) is 5.88 Å². The van der Waals surface area contributed by atoms with Crippen molar-refractivity contribution in [3.05, 3.63) is 58.1 Å². The Morgan fingerprint density at radius 3 is 2.93 bits per heavy atom. The number of aromatic amines is 1. The zero-order chi connectivity index (χ0) is 19.8. The molecule has 1 fully saturated rings. The summed E-state index contributed by atoms with van der Waals surface area (Å²) in [5.74, 6) is 0.0792. The van der Waals surface area contributed by atoms with E-state index in [0.29, 0.717) is 37.6 Å². The molecule has 2 aromatic carbocycles. The maximum Gasteiger partial charge on any atom is 0.321 e. The van der Waals surface area contributed by atoms with Gasteiger partial charge in [-0.05, 0) is 41.6 Å². The molecule has 0 saturated carbocycles. The quantitative estimate of drug-likeness (QED) is 0.619. The number of nitrogens with one attached hydrogen (secondary N) is 2. The monoisotopic (exact) mass is 389 g/mol. The Labute approximate surface area is 165 Å². The second-order valence-electron chi connectivity index (χ2n) is 6.98. The Morgan fingerprint density at radius 2 is 2.07 bits per heavy atom. The first-order valence-corrected chi connectivity index (χ1v) is 9.39. The predicted octanol–water partition coefficient (Wildman–Crippen LogP) is 1.53. The number of ether oxygens (including phenoxy) is 1. The van der Waals surface area contributed by atoms with Crippen molar-refractivity contribution >= 4 is 34.9 Å². The molecule has 3 N–H and O–H groups in total. The average molecular weight is 389 g/mol. The highest BCUT2D eigenvalue weighted by molar-refractivity contribution is 5.97. The second kappa shape index (κ2) is 7.06. The number of carbonyl (C=O) groups excluding carboxylic acids is 1. The van der Waals surface area contributed by atoms with Crippen LogP contribution in [0.5, 0.6) is 5.88 Å². The maximum atomic E-state index is 12.5. The van der Waals surface area contributed by atoms with Crippen molar-refractivity contribution < 1.29 is 14.6 Å². The molecule has 0 atom stereocenters. The van der Waals surface area contributed by atoms with E-state index in [1.54, 1.807) is 11.1 Å². The molecule has 0 radical (unpaired) electrons. The number of fused-ring (bicyclic) bond motifs is 2. The summed E-state index contributed by atoms with van der Waals surface area (Å²) in [4.78, 5) is 17.2. The molecule has 2 aliphatic rings. The van der Waals surface area contributed by atoms with Crippen molar-refractivity contribution in [3.8, 4) is 5.88 Å². The van der Waals surface area contributed by atoms with E-state index in [1.807, 2.05) is 42.5 Å². The van der Waals surface area contributed by atoms with Crippen molar-refractivity contribution in [2.75, 3.05) is 31.6 Å². The van der Waals surface area contributed by atoms with Gasteiger partial charge < -0.3 is 25.0 Å². The largest absolute Gasteiger partial charge is 0.494 e. The van der Waals surface area contributed by atoms with Crippen LogP contribution >= 0.6 is 0 Å². The molecule has 2 amide bonds. The number of hydrogen-bond acceptors (Lipinski definition) is 5. The van der Waals surface area contributed by atoms with Gasteiger partial charge in [0, 0.05) is 40.8 Å². The van der Waals surface area contributed by atoms with Gasteiger partial charge >= 0.3 is 6.03 Å². The van der Waals surface area contributed by atoms with E-state index >= 15 is 0 Å². The SMILES string of the molecule is O=C(Nc1ccc2[nH]c(O)c(/C=c3/ccc4c(c3)C=NN=4)c2c1)N1CCOCC1. The van der Waals surface area contributed by atoms with Crippen LogP contribution in [0.15, 0.2) is 46.6 Å². The van der Waals surface area contributed by atoms with E-state index in [9.17, 15) is 9.90 Å². The van der Waals surface area contributed by atoms with Crippen molar-refractivity contribution in [2.24, 2.45) is 10.2 Å². The highest BCUT2D eigenvalue weighted by Crippen LogP contribution is 2.30. The van der Waals surface area contributed by atoms with Crippen LogP contribution in [0, 0.1) is 0 Å². The molecule has 0 spiro atoms. The van der Waals surface area contributed by atoms with Crippen LogP contribution in [0.1, 0.15) is 11.1 Å². The summed E-state index contributed by atoms with van der Waals surface area (Å²) in [7, 11) is 0. The van der Waals surface area contributed by atoms with E-state index in [2.05, 4.69) is 20.5 Å². The number of nitrogens with zero attached hydrogens (tertiary/aromatic N) is 3. The number of rotatable bonds is 2. The lowest BCUT2D eigenvalue weighted by Crippen LogP contribution is -2.43. The highest BCUT2D eigenvalue weighted by Gasteiger charge is 2.17. The normalized spacial score (nSPS) is 16.1. The van der Waals surface area contributed by atoms with Crippen LogP contribution in [-0.2, 0) is 4.74 Å².